The van der Waals surface area contributed by atoms with Crippen molar-refractivity contribution in [2.45, 2.75) is 58.8 Å². The molecule has 0 unspecified atom stereocenters. The zero-order valence-electron chi connectivity index (χ0n) is 15.4. The van der Waals surface area contributed by atoms with E-state index in [4.69, 9.17) is 4.74 Å². The van der Waals surface area contributed by atoms with Gasteiger partial charge >= 0.3 is 0 Å². The molecular weight excluding hydrogens is 316 g/mol. The van der Waals surface area contributed by atoms with Gasteiger partial charge in [-0.2, -0.15) is 0 Å². The molecule has 0 spiro atoms. The van der Waals surface area contributed by atoms with Gasteiger partial charge in [-0.3, -0.25) is 0 Å². The van der Waals surface area contributed by atoms with Crippen LogP contribution in [0.1, 0.15) is 59.6 Å². The summed E-state index contributed by atoms with van der Waals surface area (Å²) in [6.45, 7) is 8.80. The second-order valence-corrected chi connectivity index (χ2v) is 7.53. The molecule has 0 radical (unpaired) electrons. The van der Waals surface area contributed by atoms with E-state index in [0.29, 0.717) is 6.42 Å². The van der Waals surface area contributed by atoms with Crippen molar-refractivity contribution in [3.05, 3.63) is 50.7 Å². The van der Waals surface area contributed by atoms with Crippen molar-refractivity contribution in [2.75, 3.05) is 7.11 Å². The van der Waals surface area contributed by atoms with Crippen LogP contribution in [0.15, 0.2) is 24.3 Å². The number of ether oxygens (including phenoxy) is 1. The monoisotopic (exact) mass is 344 g/mol. The average molecular weight is 345 g/mol. The summed E-state index contributed by atoms with van der Waals surface area (Å²) >= 11 is 1.88. The minimum atomic E-state index is 0.0336. The van der Waals surface area contributed by atoms with E-state index < -0.39 is 0 Å². The highest BCUT2D eigenvalue weighted by Gasteiger charge is 2.33. The normalized spacial score (nSPS) is 11.5. The Bertz CT molecular complexity index is 696. The molecule has 2 aromatic rings. The van der Waals surface area contributed by atoms with Gasteiger partial charge in [0.2, 0.25) is 0 Å². The van der Waals surface area contributed by atoms with Crippen LogP contribution in [0.25, 0.3) is 0 Å². The molecule has 0 fully saturated rings. The van der Waals surface area contributed by atoms with Gasteiger partial charge < -0.3 is 9.53 Å². The van der Waals surface area contributed by atoms with Crippen LogP contribution in [0, 0.1) is 13.8 Å². The molecule has 0 saturated heterocycles. The summed E-state index contributed by atoms with van der Waals surface area (Å²) < 4.78 is 5.42. The van der Waals surface area contributed by atoms with E-state index in [0.717, 1.165) is 31.3 Å². The van der Waals surface area contributed by atoms with Gasteiger partial charge in [0, 0.05) is 21.6 Å². The van der Waals surface area contributed by atoms with Gasteiger partial charge in [-0.15, -0.1) is 11.3 Å². The molecule has 0 aliphatic carbocycles. The molecule has 24 heavy (non-hydrogen) atoms. The highest BCUT2D eigenvalue weighted by molar-refractivity contribution is 7.12. The molecule has 0 aliphatic rings. The first-order valence-corrected chi connectivity index (χ1v) is 9.52. The average Bonchev–Trinajstić information content (AvgIpc) is 2.96. The number of methoxy groups -OCH3 is 1. The summed E-state index contributed by atoms with van der Waals surface area (Å²) in [5.74, 6) is 0.939. The summed E-state index contributed by atoms with van der Waals surface area (Å²) in [7, 11) is 1.72. The fraction of sp³-hybridized carbons (Fsp3) is 0.476. The summed E-state index contributed by atoms with van der Waals surface area (Å²) in [5.41, 5.74) is 3.88. The first-order valence-electron chi connectivity index (χ1n) is 8.70. The molecule has 1 aromatic carbocycles. The van der Waals surface area contributed by atoms with Crippen molar-refractivity contribution >= 4 is 17.6 Å². The zero-order chi connectivity index (χ0) is 17.7. The van der Waals surface area contributed by atoms with Crippen molar-refractivity contribution < 1.29 is 9.53 Å². The summed E-state index contributed by atoms with van der Waals surface area (Å²) in [6, 6.07) is 8.89. The van der Waals surface area contributed by atoms with Crippen LogP contribution in [0.4, 0.5) is 0 Å². The van der Waals surface area contributed by atoms with Gasteiger partial charge in [-0.25, -0.2) is 0 Å². The molecule has 1 aromatic heterocycles. The van der Waals surface area contributed by atoms with Gasteiger partial charge in [-0.05, 0) is 61.9 Å². The molecular formula is C21H28O2S. The summed E-state index contributed by atoms with van der Waals surface area (Å²) in [6.07, 6.45) is 4.59. The number of benzene rings is 1. The Morgan fingerprint density at radius 1 is 1.12 bits per heavy atom. The second-order valence-electron chi connectivity index (χ2n) is 6.40. The molecule has 2 rings (SSSR count). The topological polar surface area (TPSA) is 26.3 Å². The third kappa shape index (κ3) is 3.41. The quantitative estimate of drug-likeness (QED) is 0.582. The van der Waals surface area contributed by atoms with Gasteiger partial charge in [0.1, 0.15) is 12.0 Å². The number of aryl methyl sites for hydroxylation is 3. The maximum absolute atomic E-state index is 10.7. The number of thiophene rings is 1. The number of carbonyl (C=O) groups is 1. The minimum absolute atomic E-state index is 0.0336. The largest absolute Gasteiger partial charge is 0.496 e. The lowest BCUT2D eigenvalue weighted by Crippen LogP contribution is -2.25. The lowest BCUT2D eigenvalue weighted by atomic mass is 9.74. The third-order valence-corrected chi connectivity index (χ3v) is 6.64. The van der Waals surface area contributed by atoms with E-state index >= 15 is 0 Å². The Balaban J connectivity index is 2.51. The SMILES string of the molecule is CCC(CC)(c1ccc(OC)c(C)c1)c1cc(C)c(CCC=O)s1. The number of rotatable bonds is 8. The zero-order valence-corrected chi connectivity index (χ0v) is 16.3. The molecule has 0 atom stereocenters. The van der Waals surface area contributed by atoms with E-state index in [1.165, 1.54) is 26.4 Å². The lowest BCUT2D eigenvalue weighted by molar-refractivity contribution is -0.107. The van der Waals surface area contributed by atoms with E-state index in [1.54, 1.807) is 7.11 Å². The third-order valence-electron chi connectivity index (χ3n) is 5.14. The van der Waals surface area contributed by atoms with E-state index in [9.17, 15) is 4.79 Å². The van der Waals surface area contributed by atoms with Crippen molar-refractivity contribution in [1.82, 2.24) is 0 Å². The number of carbonyl (C=O) groups excluding carboxylic acids is 1. The van der Waals surface area contributed by atoms with E-state index in [-0.39, 0.29) is 5.41 Å². The highest BCUT2D eigenvalue weighted by Crippen LogP contribution is 2.44. The Kier molecular flexibility index (Phi) is 6.22. The molecule has 0 amide bonds. The number of hydrogen-bond acceptors (Lipinski definition) is 3. The molecule has 1 heterocycles. The van der Waals surface area contributed by atoms with Crippen LogP contribution in [-0.4, -0.2) is 13.4 Å². The van der Waals surface area contributed by atoms with E-state index in [1.807, 2.05) is 11.3 Å². The van der Waals surface area contributed by atoms with Crippen LogP contribution < -0.4 is 4.74 Å². The Morgan fingerprint density at radius 2 is 1.83 bits per heavy atom. The molecule has 0 saturated carbocycles. The van der Waals surface area contributed by atoms with Crippen molar-refractivity contribution in [3.8, 4) is 5.75 Å². The predicted molar refractivity (Wildman–Crippen MR) is 103 cm³/mol. The van der Waals surface area contributed by atoms with Crippen molar-refractivity contribution in [2.24, 2.45) is 0 Å². The van der Waals surface area contributed by atoms with Crippen LogP contribution in [-0.2, 0) is 16.6 Å². The lowest BCUT2D eigenvalue weighted by Gasteiger charge is -2.32. The standard InChI is InChI=1S/C21H28O2S/c1-6-21(7-2,17-10-11-18(23-5)15(3)13-17)20-14-16(4)19(24-20)9-8-12-22/h10-14H,6-9H2,1-5H3. The van der Waals surface area contributed by atoms with Crippen LogP contribution in [0.2, 0.25) is 0 Å². The van der Waals surface area contributed by atoms with Crippen LogP contribution in [0.3, 0.4) is 0 Å². The predicted octanol–water partition coefficient (Wildman–Crippen LogP) is 5.61. The molecule has 0 aliphatic heterocycles. The van der Waals surface area contributed by atoms with Gasteiger partial charge in [0.15, 0.2) is 0 Å². The van der Waals surface area contributed by atoms with Gasteiger partial charge in [0.05, 0.1) is 7.11 Å². The maximum Gasteiger partial charge on any atom is 0.121 e. The Hall–Kier alpha value is -1.61. The summed E-state index contributed by atoms with van der Waals surface area (Å²) in [4.78, 5) is 13.5. The van der Waals surface area contributed by atoms with Gasteiger partial charge in [-0.1, -0.05) is 26.0 Å². The first-order chi connectivity index (χ1) is 11.5. The number of aldehydes is 1. The molecule has 0 N–H and O–H groups in total. The Labute approximate surface area is 149 Å². The highest BCUT2D eigenvalue weighted by atomic mass is 32.1. The number of hydrogen-bond donors (Lipinski definition) is 0. The first kappa shape index (κ1) is 18.7. The summed E-state index contributed by atoms with van der Waals surface area (Å²) in [5, 5.41) is 0. The fourth-order valence-electron chi connectivity index (χ4n) is 3.52. The molecule has 3 heteroatoms. The molecule has 0 bridgehead atoms. The Morgan fingerprint density at radius 3 is 2.38 bits per heavy atom. The molecule has 130 valence electrons. The second kappa shape index (κ2) is 7.98. The van der Waals surface area contributed by atoms with Gasteiger partial charge in [0.25, 0.3) is 0 Å². The van der Waals surface area contributed by atoms with Crippen molar-refractivity contribution in [1.29, 1.82) is 0 Å². The smallest absolute Gasteiger partial charge is 0.121 e. The fourth-order valence-corrected chi connectivity index (χ4v) is 5.06. The molecule has 2 nitrogen and oxygen atoms in total. The minimum Gasteiger partial charge on any atom is -0.496 e. The van der Waals surface area contributed by atoms with Crippen molar-refractivity contribution in [3.63, 3.8) is 0 Å². The van der Waals surface area contributed by atoms with E-state index in [2.05, 4.69) is 52.0 Å². The van der Waals surface area contributed by atoms with Crippen LogP contribution in [0.5, 0.6) is 5.75 Å². The maximum atomic E-state index is 10.7. The van der Waals surface area contributed by atoms with Crippen LogP contribution >= 0.6 is 11.3 Å².